The third kappa shape index (κ3) is 6.01. The lowest BCUT2D eigenvalue weighted by Gasteiger charge is -2.19. The number of amides is 2. The molecule has 5 heteroatoms. The molecule has 3 aromatic rings. The fourth-order valence-electron chi connectivity index (χ4n) is 3.61. The summed E-state index contributed by atoms with van der Waals surface area (Å²) in [7, 11) is 0. The smallest absolute Gasteiger partial charge is 0.230 e. The molecule has 32 heavy (non-hydrogen) atoms. The first-order valence-corrected chi connectivity index (χ1v) is 12.1. The zero-order valence-corrected chi connectivity index (χ0v) is 19.0. The number of hydrogen-bond donors (Lipinski definition) is 2. The SMILES string of the molecule is CC(NC(=O)CSC(c1ccccc1)c1ccccc1)c1ccc(NC(=O)C2CC2)cc1. The maximum absolute atomic E-state index is 12.7. The fraction of sp³-hybridized carbons (Fsp3) is 0.259. The van der Waals surface area contributed by atoms with E-state index in [0.29, 0.717) is 5.75 Å². The highest BCUT2D eigenvalue weighted by atomic mass is 32.2. The van der Waals surface area contributed by atoms with Gasteiger partial charge in [-0.15, -0.1) is 11.8 Å². The van der Waals surface area contributed by atoms with Crippen LogP contribution < -0.4 is 10.6 Å². The standard InChI is InChI=1S/C27H28N2O2S/c1-19(20-14-16-24(17-15-20)29-27(31)23-12-13-23)28-25(30)18-32-26(21-8-4-2-5-9-21)22-10-6-3-7-11-22/h2-11,14-17,19,23,26H,12-13,18H2,1H3,(H,28,30)(H,29,31). The number of carbonyl (C=O) groups is 2. The highest BCUT2D eigenvalue weighted by Crippen LogP contribution is 2.35. The first-order chi connectivity index (χ1) is 15.6. The molecule has 2 N–H and O–H groups in total. The van der Waals surface area contributed by atoms with Gasteiger partial charge in [0.2, 0.25) is 11.8 Å². The van der Waals surface area contributed by atoms with Crippen LogP contribution in [0.2, 0.25) is 0 Å². The van der Waals surface area contributed by atoms with E-state index in [2.05, 4.69) is 34.9 Å². The third-order valence-electron chi connectivity index (χ3n) is 5.59. The van der Waals surface area contributed by atoms with Crippen LogP contribution in [0.3, 0.4) is 0 Å². The molecule has 1 fully saturated rings. The van der Waals surface area contributed by atoms with Crippen LogP contribution in [0.5, 0.6) is 0 Å². The Kier molecular flexibility index (Phi) is 7.28. The van der Waals surface area contributed by atoms with E-state index >= 15 is 0 Å². The van der Waals surface area contributed by atoms with Crippen LogP contribution in [-0.2, 0) is 9.59 Å². The molecule has 164 valence electrons. The zero-order valence-electron chi connectivity index (χ0n) is 18.2. The lowest BCUT2D eigenvalue weighted by atomic mass is 10.0. The number of carbonyl (C=O) groups excluding carboxylic acids is 2. The molecule has 2 amide bonds. The van der Waals surface area contributed by atoms with E-state index in [1.165, 1.54) is 11.1 Å². The monoisotopic (exact) mass is 444 g/mol. The van der Waals surface area contributed by atoms with Gasteiger partial charge in [-0.05, 0) is 48.6 Å². The summed E-state index contributed by atoms with van der Waals surface area (Å²) in [5.74, 6) is 0.655. The molecule has 4 rings (SSSR count). The second-order valence-corrected chi connectivity index (χ2v) is 9.28. The Balaban J connectivity index is 1.33. The molecule has 0 aromatic heterocycles. The molecule has 0 radical (unpaired) electrons. The molecular formula is C27H28N2O2S. The number of thioether (sulfide) groups is 1. The van der Waals surface area contributed by atoms with Gasteiger partial charge in [0.05, 0.1) is 17.0 Å². The molecule has 1 saturated carbocycles. The normalized spacial score (nSPS) is 14.1. The van der Waals surface area contributed by atoms with Crippen LogP contribution in [0.1, 0.15) is 47.7 Å². The molecule has 3 aromatic carbocycles. The Labute approximate surface area is 193 Å². The first-order valence-electron chi connectivity index (χ1n) is 11.0. The molecule has 1 unspecified atom stereocenters. The van der Waals surface area contributed by atoms with Gasteiger partial charge in [0.15, 0.2) is 0 Å². The van der Waals surface area contributed by atoms with Crippen LogP contribution in [0.25, 0.3) is 0 Å². The summed E-state index contributed by atoms with van der Waals surface area (Å²) in [5, 5.41) is 6.15. The van der Waals surface area contributed by atoms with E-state index in [1.54, 1.807) is 11.8 Å². The molecule has 0 bridgehead atoms. The van der Waals surface area contributed by atoms with E-state index < -0.39 is 0 Å². The van der Waals surface area contributed by atoms with Crippen molar-refractivity contribution in [3.05, 3.63) is 102 Å². The molecule has 1 aliphatic carbocycles. The lowest BCUT2D eigenvalue weighted by Crippen LogP contribution is -2.28. The van der Waals surface area contributed by atoms with Crippen molar-refractivity contribution in [3.63, 3.8) is 0 Å². The van der Waals surface area contributed by atoms with Crippen molar-refractivity contribution in [2.75, 3.05) is 11.1 Å². The van der Waals surface area contributed by atoms with Crippen molar-refractivity contribution < 1.29 is 9.59 Å². The summed E-state index contributed by atoms with van der Waals surface area (Å²) < 4.78 is 0. The predicted octanol–water partition coefficient (Wildman–Crippen LogP) is 5.74. The Morgan fingerprint density at radius 3 is 1.94 bits per heavy atom. The minimum Gasteiger partial charge on any atom is -0.349 e. The maximum Gasteiger partial charge on any atom is 0.230 e. The third-order valence-corrected chi connectivity index (χ3v) is 6.90. The summed E-state index contributed by atoms with van der Waals surface area (Å²) in [6.07, 6.45) is 1.97. The molecule has 0 saturated heterocycles. The second kappa shape index (κ2) is 10.5. The van der Waals surface area contributed by atoms with Crippen LogP contribution in [0.15, 0.2) is 84.9 Å². The molecule has 1 aliphatic rings. The summed E-state index contributed by atoms with van der Waals surface area (Å²) in [5.41, 5.74) is 4.19. The summed E-state index contributed by atoms with van der Waals surface area (Å²) in [6.45, 7) is 1.98. The van der Waals surface area contributed by atoms with Crippen molar-refractivity contribution in [1.29, 1.82) is 0 Å². The van der Waals surface area contributed by atoms with E-state index in [0.717, 1.165) is 24.1 Å². The van der Waals surface area contributed by atoms with E-state index in [-0.39, 0.29) is 29.0 Å². The number of rotatable bonds is 9. The van der Waals surface area contributed by atoms with Crippen molar-refractivity contribution in [2.45, 2.75) is 31.1 Å². The Bertz CT molecular complexity index is 995. The highest BCUT2D eigenvalue weighted by molar-refractivity contribution is 8.00. The lowest BCUT2D eigenvalue weighted by molar-refractivity contribution is -0.119. The molecule has 4 nitrogen and oxygen atoms in total. The van der Waals surface area contributed by atoms with Gasteiger partial charge in [0.1, 0.15) is 0 Å². The van der Waals surface area contributed by atoms with Gasteiger partial charge in [-0.3, -0.25) is 9.59 Å². The minimum absolute atomic E-state index is 0.00507. The summed E-state index contributed by atoms with van der Waals surface area (Å²) in [6, 6.07) is 28.2. The second-order valence-electron chi connectivity index (χ2n) is 8.19. The van der Waals surface area contributed by atoms with Crippen molar-refractivity contribution in [2.24, 2.45) is 5.92 Å². The summed E-state index contributed by atoms with van der Waals surface area (Å²) in [4.78, 5) is 24.6. The van der Waals surface area contributed by atoms with Gasteiger partial charge in [-0.2, -0.15) is 0 Å². The van der Waals surface area contributed by atoms with Gasteiger partial charge in [0, 0.05) is 11.6 Å². The van der Waals surface area contributed by atoms with Crippen molar-refractivity contribution in [3.8, 4) is 0 Å². The van der Waals surface area contributed by atoms with E-state index in [4.69, 9.17) is 0 Å². The first kappa shape index (κ1) is 22.2. The van der Waals surface area contributed by atoms with E-state index in [9.17, 15) is 9.59 Å². The van der Waals surface area contributed by atoms with Crippen LogP contribution in [-0.4, -0.2) is 17.6 Å². The van der Waals surface area contributed by atoms with Gasteiger partial charge in [-0.1, -0.05) is 72.8 Å². The Hall–Kier alpha value is -3.05. The van der Waals surface area contributed by atoms with Crippen LogP contribution in [0, 0.1) is 5.92 Å². The molecule has 0 spiro atoms. The number of anilines is 1. The van der Waals surface area contributed by atoms with E-state index in [1.807, 2.05) is 67.6 Å². The Morgan fingerprint density at radius 2 is 1.41 bits per heavy atom. The van der Waals surface area contributed by atoms with Crippen LogP contribution >= 0.6 is 11.8 Å². The average Bonchev–Trinajstić information content (AvgIpc) is 3.67. The summed E-state index contributed by atoms with van der Waals surface area (Å²) >= 11 is 1.63. The van der Waals surface area contributed by atoms with Crippen molar-refractivity contribution in [1.82, 2.24) is 5.32 Å². The van der Waals surface area contributed by atoms with Gasteiger partial charge in [-0.25, -0.2) is 0 Å². The fourth-order valence-corrected chi connectivity index (χ4v) is 4.71. The molecule has 0 aliphatic heterocycles. The predicted molar refractivity (Wildman–Crippen MR) is 132 cm³/mol. The molecule has 1 atom stereocenters. The average molecular weight is 445 g/mol. The minimum atomic E-state index is -0.108. The number of nitrogens with one attached hydrogen (secondary N) is 2. The largest absolute Gasteiger partial charge is 0.349 e. The number of benzene rings is 3. The quantitative estimate of drug-likeness (QED) is 0.443. The zero-order chi connectivity index (χ0) is 22.3. The highest BCUT2D eigenvalue weighted by Gasteiger charge is 2.29. The van der Waals surface area contributed by atoms with Gasteiger partial charge in [0.25, 0.3) is 0 Å². The Morgan fingerprint density at radius 1 is 0.844 bits per heavy atom. The molecule has 0 heterocycles. The number of hydrogen-bond acceptors (Lipinski definition) is 3. The van der Waals surface area contributed by atoms with Crippen LogP contribution in [0.4, 0.5) is 5.69 Å². The van der Waals surface area contributed by atoms with Gasteiger partial charge < -0.3 is 10.6 Å². The van der Waals surface area contributed by atoms with Crippen molar-refractivity contribution >= 4 is 29.3 Å². The van der Waals surface area contributed by atoms with Gasteiger partial charge >= 0.3 is 0 Å². The molecular weight excluding hydrogens is 416 g/mol. The topological polar surface area (TPSA) is 58.2 Å². The maximum atomic E-state index is 12.7.